The van der Waals surface area contributed by atoms with E-state index < -0.39 is 6.10 Å². The van der Waals surface area contributed by atoms with E-state index in [1.165, 1.54) is 0 Å². The minimum atomic E-state index is -0.589. The maximum atomic E-state index is 10.2. The smallest absolute Gasteiger partial charge is 0.126 e. The molecule has 3 rings (SSSR count). The molecule has 0 saturated carbocycles. The monoisotopic (exact) mass is 283 g/mol. The Labute approximate surface area is 125 Å². The highest BCUT2D eigenvalue weighted by Crippen LogP contribution is 2.37. The lowest BCUT2D eigenvalue weighted by Crippen LogP contribution is -2.33. The van der Waals surface area contributed by atoms with Gasteiger partial charge < -0.3 is 15.6 Å². The molecule has 0 spiro atoms. The van der Waals surface area contributed by atoms with E-state index >= 15 is 0 Å². The van der Waals surface area contributed by atoms with Crippen LogP contribution in [0.25, 0.3) is 0 Å². The van der Waals surface area contributed by atoms with E-state index in [1.54, 1.807) is 0 Å². The first-order chi connectivity index (χ1) is 10.2. The van der Waals surface area contributed by atoms with Gasteiger partial charge in [-0.1, -0.05) is 42.5 Å². The van der Waals surface area contributed by atoms with Crippen LogP contribution < -0.4 is 10.5 Å². The summed E-state index contributed by atoms with van der Waals surface area (Å²) in [7, 11) is 0. The number of fused-ring (bicyclic) bond motifs is 1. The van der Waals surface area contributed by atoms with Crippen LogP contribution in [0.4, 0.5) is 0 Å². The molecule has 2 aromatic carbocycles. The third-order valence-electron chi connectivity index (χ3n) is 4.17. The highest BCUT2D eigenvalue weighted by atomic mass is 16.5. The maximum Gasteiger partial charge on any atom is 0.126 e. The number of benzene rings is 2. The molecule has 2 aromatic rings. The second-order valence-electron chi connectivity index (χ2n) is 5.70. The Morgan fingerprint density at radius 3 is 2.71 bits per heavy atom. The maximum absolute atomic E-state index is 10.2. The lowest BCUT2D eigenvalue weighted by molar-refractivity contribution is 0.132. The van der Waals surface area contributed by atoms with Crippen LogP contribution in [0.5, 0.6) is 5.75 Å². The average molecular weight is 283 g/mol. The molecule has 0 aromatic heterocycles. The Bertz CT molecular complexity index is 625. The van der Waals surface area contributed by atoms with Gasteiger partial charge >= 0.3 is 0 Å². The van der Waals surface area contributed by atoms with E-state index in [-0.39, 0.29) is 6.04 Å². The number of hydrogen-bond donors (Lipinski definition) is 2. The predicted molar refractivity (Wildman–Crippen MR) is 83.2 cm³/mol. The molecule has 110 valence electrons. The predicted octanol–water partition coefficient (Wildman–Crippen LogP) is 2.88. The quantitative estimate of drug-likeness (QED) is 0.910. The zero-order valence-electron chi connectivity index (χ0n) is 12.3. The van der Waals surface area contributed by atoms with Gasteiger partial charge in [-0.3, -0.25) is 0 Å². The standard InChI is InChI=1S/C18H21NO2/c1-12-7-8-14-15(9-10-16(19)17(14)20)18(12)21-11-13-5-3-2-4-6-13/h2-8,16-17,20H,9-11,19H2,1H3. The summed E-state index contributed by atoms with van der Waals surface area (Å²) >= 11 is 0. The number of aryl methyl sites for hydroxylation is 1. The van der Waals surface area contributed by atoms with Gasteiger partial charge in [0.1, 0.15) is 12.4 Å². The fraction of sp³-hybridized carbons (Fsp3) is 0.333. The van der Waals surface area contributed by atoms with Crippen LogP contribution in [-0.4, -0.2) is 11.1 Å². The minimum Gasteiger partial charge on any atom is -0.488 e. The van der Waals surface area contributed by atoms with Crippen molar-refractivity contribution in [2.24, 2.45) is 5.73 Å². The highest BCUT2D eigenvalue weighted by molar-refractivity contribution is 5.48. The molecule has 2 unspecified atom stereocenters. The van der Waals surface area contributed by atoms with Crippen molar-refractivity contribution in [3.8, 4) is 5.75 Å². The van der Waals surface area contributed by atoms with Crippen LogP contribution in [0, 0.1) is 6.92 Å². The van der Waals surface area contributed by atoms with Crippen LogP contribution in [0.2, 0.25) is 0 Å². The summed E-state index contributed by atoms with van der Waals surface area (Å²) in [6.45, 7) is 2.59. The summed E-state index contributed by atoms with van der Waals surface area (Å²) in [6, 6.07) is 13.9. The van der Waals surface area contributed by atoms with Crippen molar-refractivity contribution in [2.45, 2.75) is 38.5 Å². The number of rotatable bonds is 3. The molecule has 1 aliphatic rings. The lowest BCUT2D eigenvalue weighted by Gasteiger charge is -2.29. The number of nitrogens with two attached hydrogens (primary N) is 1. The molecule has 0 saturated heterocycles. The van der Waals surface area contributed by atoms with Gasteiger partial charge in [0.25, 0.3) is 0 Å². The van der Waals surface area contributed by atoms with E-state index in [9.17, 15) is 5.11 Å². The van der Waals surface area contributed by atoms with Gasteiger partial charge in [0.15, 0.2) is 0 Å². The molecule has 21 heavy (non-hydrogen) atoms. The molecular weight excluding hydrogens is 262 g/mol. The average Bonchev–Trinajstić information content (AvgIpc) is 2.51. The van der Waals surface area contributed by atoms with Gasteiger partial charge in [0.2, 0.25) is 0 Å². The van der Waals surface area contributed by atoms with E-state index in [0.29, 0.717) is 6.61 Å². The molecule has 0 fully saturated rings. The van der Waals surface area contributed by atoms with Crippen molar-refractivity contribution >= 4 is 0 Å². The van der Waals surface area contributed by atoms with Gasteiger partial charge in [0.05, 0.1) is 6.10 Å². The van der Waals surface area contributed by atoms with Gasteiger partial charge in [-0.05, 0) is 36.5 Å². The Morgan fingerprint density at radius 2 is 1.95 bits per heavy atom. The molecule has 3 nitrogen and oxygen atoms in total. The summed E-state index contributed by atoms with van der Waals surface area (Å²) < 4.78 is 6.05. The van der Waals surface area contributed by atoms with Gasteiger partial charge in [0, 0.05) is 11.6 Å². The number of aliphatic hydroxyl groups is 1. The van der Waals surface area contributed by atoms with Crippen molar-refractivity contribution in [3.63, 3.8) is 0 Å². The molecule has 0 bridgehead atoms. The molecule has 0 amide bonds. The SMILES string of the molecule is Cc1ccc2c(c1OCc1ccccc1)CCC(N)C2O. The summed E-state index contributed by atoms with van der Waals surface area (Å²) in [4.78, 5) is 0. The fourth-order valence-corrected chi connectivity index (χ4v) is 2.93. The summed E-state index contributed by atoms with van der Waals surface area (Å²) in [5.74, 6) is 0.905. The summed E-state index contributed by atoms with van der Waals surface area (Å²) in [6.07, 6.45) is 1.06. The van der Waals surface area contributed by atoms with Crippen LogP contribution in [0.1, 0.15) is 34.8 Å². The largest absolute Gasteiger partial charge is 0.488 e. The van der Waals surface area contributed by atoms with Gasteiger partial charge in [-0.2, -0.15) is 0 Å². The molecule has 0 heterocycles. The normalized spacial score (nSPS) is 20.9. The Morgan fingerprint density at radius 1 is 1.19 bits per heavy atom. The Hall–Kier alpha value is -1.84. The van der Waals surface area contributed by atoms with E-state index in [1.807, 2.05) is 37.3 Å². The first-order valence-corrected chi connectivity index (χ1v) is 7.39. The molecule has 3 heteroatoms. The van der Waals surface area contributed by atoms with E-state index in [0.717, 1.165) is 40.8 Å². The summed E-state index contributed by atoms with van der Waals surface area (Å²) in [5.41, 5.74) is 10.2. The van der Waals surface area contributed by atoms with Gasteiger partial charge in [-0.25, -0.2) is 0 Å². The van der Waals surface area contributed by atoms with Crippen LogP contribution in [0.3, 0.4) is 0 Å². The third-order valence-corrected chi connectivity index (χ3v) is 4.17. The zero-order valence-corrected chi connectivity index (χ0v) is 12.3. The van der Waals surface area contributed by atoms with Crippen molar-refractivity contribution in [2.75, 3.05) is 0 Å². The topological polar surface area (TPSA) is 55.5 Å². The summed E-state index contributed by atoms with van der Waals surface area (Å²) in [5, 5.41) is 10.2. The zero-order chi connectivity index (χ0) is 14.8. The molecule has 1 aliphatic carbocycles. The molecule has 2 atom stereocenters. The van der Waals surface area contributed by atoms with Crippen molar-refractivity contribution < 1.29 is 9.84 Å². The molecular formula is C18H21NO2. The van der Waals surface area contributed by atoms with E-state index in [2.05, 4.69) is 12.1 Å². The first kappa shape index (κ1) is 14.1. The molecule has 3 N–H and O–H groups in total. The first-order valence-electron chi connectivity index (χ1n) is 7.39. The van der Waals surface area contributed by atoms with Crippen molar-refractivity contribution in [3.05, 3.63) is 64.7 Å². The van der Waals surface area contributed by atoms with Crippen LogP contribution in [-0.2, 0) is 13.0 Å². The van der Waals surface area contributed by atoms with Crippen molar-refractivity contribution in [1.82, 2.24) is 0 Å². The second kappa shape index (κ2) is 5.88. The number of hydrogen-bond acceptors (Lipinski definition) is 3. The number of ether oxygens (including phenoxy) is 1. The van der Waals surface area contributed by atoms with E-state index in [4.69, 9.17) is 10.5 Å². The number of aliphatic hydroxyl groups excluding tert-OH is 1. The Kier molecular flexibility index (Phi) is 3.95. The fourth-order valence-electron chi connectivity index (χ4n) is 2.93. The molecule has 0 aliphatic heterocycles. The Balaban J connectivity index is 1.88. The lowest BCUT2D eigenvalue weighted by atomic mass is 9.84. The van der Waals surface area contributed by atoms with Crippen LogP contribution >= 0.6 is 0 Å². The second-order valence-corrected chi connectivity index (χ2v) is 5.70. The van der Waals surface area contributed by atoms with Crippen LogP contribution in [0.15, 0.2) is 42.5 Å². The minimum absolute atomic E-state index is 0.179. The molecule has 0 radical (unpaired) electrons. The van der Waals surface area contributed by atoms with Gasteiger partial charge in [-0.15, -0.1) is 0 Å². The third kappa shape index (κ3) is 2.80. The highest BCUT2D eigenvalue weighted by Gasteiger charge is 2.28. The van der Waals surface area contributed by atoms with Crippen molar-refractivity contribution in [1.29, 1.82) is 0 Å².